The van der Waals surface area contributed by atoms with E-state index < -0.39 is 0 Å². The first-order valence-electron chi connectivity index (χ1n) is 7.30. The average Bonchev–Trinajstić information content (AvgIpc) is 2.73. The zero-order valence-corrected chi connectivity index (χ0v) is 14.0. The molecule has 2 N–H and O–H groups in total. The number of thiophene rings is 1. The van der Waals surface area contributed by atoms with E-state index in [2.05, 4.69) is 57.0 Å². The van der Waals surface area contributed by atoms with Crippen molar-refractivity contribution < 1.29 is 0 Å². The van der Waals surface area contributed by atoms with Crippen LogP contribution >= 0.6 is 11.3 Å². The molecule has 1 atom stereocenters. The molecule has 19 heavy (non-hydrogen) atoms. The summed E-state index contributed by atoms with van der Waals surface area (Å²) >= 11 is 1.84. The lowest BCUT2D eigenvalue weighted by Crippen LogP contribution is -2.36. The van der Waals surface area contributed by atoms with Crippen LogP contribution < -0.4 is 5.73 Å². The number of hydrogen-bond donors (Lipinski definition) is 1. The van der Waals surface area contributed by atoms with Crippen LogP contribution in [0.15, 0.2) is 17.5 Å². The van der Waals surface area contributed by atoms with Gasteiger partial charge in [-0.05, 0) is 43.6 Å². The maximum absolute atomic E-state index is 6.26. The van der Waals surface area contributed by atoms with Gasteiger partial charge in [0.15, 0.2) is 0 Å². The van der Waals surface area contributed by atoms with Gasteiger partial charge in [0.05, 0.1) is 0 Å². The summed E-state index contributed by atoms with van der Waals surface area (Å²) in [7, 11) is 0. The van der Waals surface area contributed by atoms with Gasteiger partial charge in [0.25, 0.3) is 0 Å². The molecular weight excluding hydrogens is 252 g/mol. The van der Waals surface area contributed by atoms with E-state index in [1.807, 2.05) is 11.3 Å². The van der Waals surface area contributed by atoms with Gasteiger partial charge in [0.1, 0.15) is 0 Å². The van der Waals surface area contributed by atoms with Gasteiger partial charge in [-0.2, -0.15) is 0 Å². The highest BCUT2D eigenvalue weighted by atomic mass is 32.1. The summed E-state index contributed by atoms with van der Waals surface area (Å²) in [6, 6.07) is 5.23. The highest BCUT2D eigenvalue weighted by molar-refractivity contribution is 7.09. The molecular formula is C16H30N2S. The molecule has 0 amide bonds. The second-order valence-electron chi connectivity index (χ2n) is 6.96. The SMILES string of the molecule is CC(C)N(CCC(N)CC(C)(C)C)Cc1cccs1. The van der Waals surface area contributed by atoms with Gasteiger partial charge in [-0.15, -0.1) is 11.3 Å². The summed E-state index contributed by atoms with van der Waals surface area (Å²) in [5.74, 6) is 0. The van der Waals surface area contributed by atoms with Crippen molar-refractivity contribution in [1.29, 1.82) is 0 Å². The smallest absolute Gasteiger partial charge is 0.0330 e. The number of rotatable bonds is 7. The Bertz CT molecular complexity index is 338. The number of nitrogens with zero attached hydrogens (tertiary/aromatic N) is 1. The van der Waals surface area contributed by atoms with Gasteiger partial charge in [-0.3, -0.25) is 4.90 Å². The third-order valence-corrected chi connectivity index (χ3v) is 4.19. The molecule has 0 aliphatic rings. The third-order valence-electron chi connectivity index (χ3n) is 3.33. The Balaban J connectivity index is 2.42. The van der Waals surface area contributed by atoms with Gasteiger partial charge in [-0.25, -0.2) is 0 Å². The summed E-state index contributed by atoms with van der Waals surface area (Å²) in [5, 5.41) is 2.15. The van der Waals surface area contributed by atoms with E-state index in [4.69, 9.17) is 5.73 Å². The summed E-state index contributed by atoms with van der Waals surface area (Å²) in [4.78, 5) is 3.96. The molecule has 0 spiro atoms. The van der Waals surface area contributed by atoms with Crippen molar-refractivity contribution in [2.45, 2.75) is 66.1 Å². The van der Waals surface area contributed by atoms with E-state index in [9.17, 15) is 0 Å². The van der Waals surface area contributed by atoms with Crippen molar-refractivity contribution in [1.82, 2.24) is 4.90 Å². The Morgan fingerprint density at radius 1 is 1.32 bits per heavy atom. The molecule has 0 aliphatic carbocycles. The van der Waals surface area contributed by atoms with Crippen LogP contribution in [0.4, 0.5) is 0 Å². The Kier molecular flexibility index (Phi) is 6.51. The van der Waals surface area contributed by atoms with Crippen LogP contribution in [0.3, 0.4) is 0 Å². The first-order chi connectivity index (χ1) is 8.78. The molecule has 0 radical (unpaired) electrons. The van der Waals surface area contributed by atoms with Crippen molar-refractivity contribution in [3.8, 4) is 0 Å². The fourth-order valence-electron chi connectivity index (χ4n) is 2.34. The summed E-state index contributed by atoms with van der Waals surface area (Å²) in [5.41, 5.74) is 6.59. The van der Waals surface area contributed by atoms with E-state index in [1.54, 1.807) is 0 Å². The fourth-order valence-corrected chi connectivity index (χ4v) is 3.07. The monoisotopic (exact) mass is 282 g/mol. The van der Waals surface area contributed by atoms with Crippen molar-refractivity contribution in [3.63, 3.8) is 0 Å². The molecule has 0 aliphatic heterocycles. The number of hydrogen-bond acceptors (Lipinski definition) is 3. The lowest BCUT2D eigenvalue weighted by Gasteiger charge is -2.29. The van der Waals surface area contributed by atoms with E-state index in [0.29, 0.717) is 17.5 Å². The predicted molar refractivity (Wildman–Crippen MR) is 86.5 cm³/mol. The van der Waals surface area contributed by atoms with Crippen LogP contribution in [0.1, 0.15) is 52.3 Å². The van der Waals surface area contributed by atoms with Crippen molar-refractivity contribution in [2.24, 2.45) is 11.1 Å². The first kappa shape index (κ1) is 16.7. The molecule has 2 nitrogen and oxygen atoms in total. The molecule has 1 heterocycles. The van der Waals surface area contributed by atoms with Crippen LogP contribution in [0.5, 0.6) is 0 Å². The first-order valence-corrected chi connectivity index (χ1v) is 8.18. The minimum absolute atomic E-state index is 0.310. The molecule has 1 unspecified atom stereocenters. The second-order valence-corrected chi connectivity index (χ2v) is 7.99. The van der Waals surface area contributed by atoms with Crippen molar-refractivity contribution in [2.75, 3.05) is 6.54 Å². The highest BCUT2D eigenvalue weighted by Crippen LogP contribution is 2.22. The average molecular weight is 282 g/mol. The minimum Gasteiger partial charge on any atom is -0.328 e. The highest BCUT2D eigenvalue weighted by Gasteiger charge is 2.17. The van der Waals surface area contributed by atoms with Gasteiger partial charge in [0, 0.05) is 30.1 Å². The molecule has 1 rings (SSSR count). The van der Waals surface area contributed by atoms with Crippen LogP contribution in [0.2, 0.25) is 0 Å². The van der Waals surface area contributed by atoms with Crippen LogP contribution in [-0.2, 0) is 6.54 Å². The largest absolute Gasteiger partial charge is 0.328 e. The molecule has 3 heteroatoms. The van der Waals surface area contributed by atoms with Gasteiger partial charge in [-0.1, -0.05) is 26.8 Å². The van der Waals surface area contributed by atoms with E-state index in [0.717, 1.165) is 25.9 Å². The maximum Gasteiger partial charge on any atom is 0.0330 e. The zero-order chi connectivity index (χ0) is 14.5. The summed E-state index contributed by atoms with van der Waals surface area (Å²) < 4.78 is 0. The Morgan fingerprint density at radius 2 is 2.00 bits per heavy atom. The topological polar surface area (TPSA) is 29.3 Å². The van der Waals surface area contributed by atoms with Crippen LogP contribution in [0.25, 0.3) is 0 Å². The molecule has 0 bridgehead atoms. The summed E-state index contributed by atoms with van der Waals surface area (Å²) in [6.45, 7) is 13.5. The molecule has 0 saturated heterocycles. The van der Waals surface area contributed by atoms with Crippen molar-refractivity contribution >= 4 is 11.3 Å². The lowest BCUT2D eigenvalue weighted by molar-refractivity contribution is 0.199. The van der Waals surface area contributed by atoms with E-state index >= 15 is 0 Å². The number of nitrogens with two attached hydrogens (primary N) is 1. The molecule has 0 aromatic carbocycles. The van der Waals surface area contributed by atoms with E-state index in [-0.39, 0.29) is 0 Å². The molecule has 110 valence electrons. The zero-order valence-electron chi connectivity index (χ0n) is 13.1. The van der Waals surface area contributed by atoms with Gasteiger partial charge in [0.2, 0.25) is 0 Å². The van der Waals surface area contributed by atoms with Crippen molar-refractivity contribution in [3.05, 3.63) is 22.4 Å². The lowest BCUT2D eigenvalue weighted by atomic mass is 9.87. The predicted octanol–water partition coefficient (Wildman–Crippen LogP) is 4.11. The Hall–Kier alpha value is -0.380. The quantitative estimate of drug-likeness (QED) is 0.815. The van der Waals surface area contributed by atoms with Gasteiger partial charge < -0.3 is 5.73 Å². The summed E-state index contributed by atoms with van der Waals surface area (Å²) in [6.07, 6.45) is 2.18. The Labute approximate surface area is 123 Å². The standard InChI is InChI=1S/C16H30N2S/c1-13(2)18(12-15-7-6-10-19-15)9-8-14(17)11-16(3,4)5/h6-7,10,13-14H,8-9,11-12,17H2,1-5H3. The molecule has 1 aromatic rings. The second kappa shape index (κ2) is 7.41. The van der Waals surface area contributed by atoms with Crippen LogP contribution in [0, 0.1) is 5.41 Å². The normalized spacial score (nSPS) is 14.3. The maximum atomic E-state index is 6.26. The van der Waals surface area contributed by atoms with Crippen LogP contribution in [-0.4, -0.2) is 23.5 Å². The van der Waals surface area contributed by atoms with Gasteiger partial charge >= 0.3 is 0 Å². The molecule has 1 aromatic heterocycles. The molecule has 0 saturated carbocycles. The molecule has 0 fully saturated rings. The van der Waals surface area contributed by atoms with E-state index in [1.165, 1.54) is 4.88 Å². The fraction of sp³-hybridized carbons (Fsp3) is 0.750. The third kappa shape index (κ3) is 7.09. The Morgan fingerprint density at radius 3 is 2.47 bits per heavy atom. The minimum atomic E-state index is 0.310.